The van der Waals surface area contributed by atoms with Crippen molar-refractivity contribution < 1.29 is 9.90 Å². The zero-order valence-electron chi connectivity index (χ0n) is 14.5. The van der Waals surface area contributed by atoms with Crippen molar-refractivity contribution in [2.24, 2.45) is 0 Å². The Kier molecular flexibility index (Phi) is 6.02. The standard InChI is InChI=1S/C20H20BrN3O2/c1-13-6-7-15(20(26)24-17-4-2-3-5-18(17)25)10-14(13)8-9-16-11-22-12-19(21)23-16/h6-7,10-12,17-18,25H,2-5H2,1H3,(H,24,26)/t17-,18-/m0/s1. The number of nitrogens with one attached hydrogen (secondary N) is 1. The third-order valence-electron chi connectivity index (χ3n) is 4.48. The van der Waals surface area contributed by atoms with Crippen LogP contribution in [-0.2, 0) is 0 Å². The van der Waals surface area contributed by atoms with E-state index in [1.807, 2.05) is 13.0 Å². The van der Waals surface area contributed by atoms with Crippen LogP contribution in [0.25, 0.3) is 0 Å². The fourth-order valence-electron chi connectivity index (χ4n) is 2.96. The fourth-order valence-corrected chi connectivity index (χ4v) is 3.27. The molecule has 1 aliphatic rings. The highest BCUT2D eigenvalue weighted by Crippen LogP contribution is 2.19. The molecule has 1 saturated carbocycles. The van der Waals surface area contributed by atoms with Crippen LogP contribution >= 0.6 is 15.9 Å². The molecule has 1 fully saturated rings. The number of aromatic nitrogens is 2. The minimum atomic E-state index is -0.465. The zero-order valence-corrected chi connectivity index (χ0v) is 16.1. The molecule has 2 N–H and O–H groups in total. The number of benzene rings is 1. The number of carbonyl (C=O) groups excluding carboxylic acids is 1. The van der Waals surface area contributed by atoms with Gasteiger partial charge in [-0.25, -0.2) is 4.98 Å². The molecule has 0 spiro atoms. The first-order valence-electron chi connectivity index (χ1n) is 8.62. The van der Waals surface area contributed by atoms with Crippen LogP contribution in [0.15, 0.2) is 35.2 Å². The van der Waals surface area contributed by atoms with Gasteiger partial charge in [0.05, 0.1) is 24.5 Å². The fraction of sp³-hybridized carbons (Fsp3) is 0.350. The van der Waals surface area contributed by atoms with Crippen LogP contribution in [0.5, 0.6) is 0 Å². The lowest BCUT2D eigenvalue weighted by Gasteiger charge is -2.28. The Morgan fingerprint density at radius 1 is 1.27 bits per heavy atom. The van der Waals surface area contributed by atoms with Crippen LogP contribution in [0.1, 0.15) is 52.9 Å². The van der Waals surface area contributed by atoms with E-state index >= 15 is 0 Å². The molecule has 26 heavy (non-hydrogen) atoms. The maximum absolute atomic E-state index is 12.5. The third-order valence-corrected chi connectivity index (χ3v) is 4.86. The Balaban J connectivity index is 1.78. The van der Waals surface area contributed by atoms with Crippen LogP contribution in [0, 0.1) is 18.8 Å². The van der Waals surface area contributed by atoms with E-state index in [-0.39, 0.29) is 11.9 Å². The first-order valence-corrected chi connectivity index (χ1v) is 9.41. The maximum Gasteiger partial charge on any atom is 0.251 e. The minimum Gasteiger partial charge on any atom is -0.391 e. The van der Waals surface area contributed by atoms with Crippen LogP contribution in [0.3, 0.4) is 0 Å². The molecule has 134 valence electrons. The van der Waals surface area contributed by atoms with Gasteiger partial charge in [0.1, 0.15) is 10.3 Å². The quantitative estimate of drug-likeness (QED) is 0.741. The summed E-state index contributed by atoms with van der Waals surface area (Å²) in [7, 11) is 0. The lowest BCUT2D eigenvalue weighted by molar-refractivity contribution is 0.0717. The molecule has 2 atom stereocenters. The number of aryl methyl sites for hydroxylation is 1. The van der Waals surface area contributed by atoms with Crippen molar-refractivity contribution in [2.45, 2.75) is 44.8 Å². The molecule has 0 aliphatic heterocycles. The lowest BCUT2D eigenvalue weighted by atomic mass is 9.92. The SMILES string of the molecule is Cc1ccc(C(=O)N[C@H]2CCCC[C@@H]2O)cc1C#Cc1cncc(Br)n1. The van der Waals surface area contributed by atoms with E-state index in [0.29, 0.717) is 15.9 Å². The van der Waals surface area contributed by atoms with Gasteiger partial charge in [-0.3, -0.25) is 9.78 Å². The summed E-state index contributed by atoms with van der Waals surface area (Å²) in [6, 6.07) is 5.26. The summed E-state index contributed by atoms with van der Waals surface area (Å²) in [6.07, 6.45) is 6.31. The summed E-state index contributed by atoms with van der Waals surface area (Å²) in [5.41, 5.74) is 2.84. The number of hydrogen-bond acceptors (Lipinski definition) is 4. The molecule has 1 aliphatic carbocycles. The Labute approximate surface area is 161 Å². The van der Waals surface area contributed by atoms with Gasteiger partial charge in [-0.15, -0.1) is 0 Å². The summed E-state index contributed by atoms with van der Waals surface area (Å²) in [5.74, 6) is 5.85. The highest BCUT2D eigenvalue weighted by atomic mass is 79.9. The van der Waals surface area contributed by atoms with Gasteiger partial charge in [0, 0.05) is 11.1 Å². The van der Waals surface area contributed by atoms with Crippen molar-refractivity contribution in [1.82, 2.24) is 15.3 Å². The van der Waals surface area contributed by atoms with Gasteiger partial charge in [-0.2, -0.15) is 0 Å². The summed E-state index contributed by atoms with van der Waals surface area (Å²) in [4.78, 5) is 20.8. The van der Waals surface area contributed by atoms with Gasteiger partial charge in [-0.1, -0.05) is 24.8 Å². The van der Waals surface area contributed by atoms with Crippen molar-refractivity contribution in [3.63, 3.8) is 0 Å². The highest BCUT2D eigenvalue weighted by Gasteiger charge is 2.24. The van der Waals surface area contributed by atoms with Gasteiger partial charge in [0.15, 0.2) is 0 Å². The average molecular weight is 414 g/mol. The molecule has 1 aromatic carbocycles. The summed E-state index contributed by atoms with van der Waals surface area (Å²) in [5, 5.41) is 13.0. The number of carbonyl (C=O) groups is 1. The molecule has 1 aromatic heterocycles. The normalized spacial score (nSPS) is 19.3. The van der Waals surface area contributed by atoms with Crippen molar-refractivity contribution in [3.05, 3.63) is 57.6 Å². The number of halogens is 1. The Hall–Kier alpha value is -2.23. The number of amides is 1. The molecule has 0 bridgehead atoms. The largest absolute Gasteiger partial charge is 0.391 e. The Bertz CT molecular complexity index is 873. The van der Waals surface area contributed by atoms with Crippen molar-refractivity contribution in [3.8, 4) is 11.8 Å². The number of hydrogen-bond donors (Lipinski definition) is 2. The van der Waals surface area contributed by atoms with Gasteiger partial charge in [-0.05, 0) is 59.3 Å². The van der Waals surface area contributed by atoms with Gasteiger partial charge < -0.3 is 10.4 Å². The second-order valence-electron chi connectivity index (χ2n) is 6.44. The molecule has 5 nitrogen and oxygen atoms in total. The maximum atomic E-state index is 12.5. The zero-order chi connectivity index (χ0) is 18.5. The summed E-state index contributed by atoms with van der Waals surface area (Å²) >= 11 is 3.27. The average Bonchev–Trinajstić information content (AvgIpc) is 2.63. The van der Waals surface area contributed by atoms with Gasteiger partial charge in [0.25, 0.3) is 5.91 Å². The molecular formula is C20H20BrN3O2. The molecule has 1 amide bonds. The molecule has 3 rings (SSSR count). The monoisotopic (exact) mass is 413 g/mol. The van der Waals surface area contributed by atoms with E-state index in [2.05, 4.69) is 43.1 Å². The third kappa shape index (κ3) is 4.69. The lowest BCUT2D eigenvalue weighted by Crippen LogP contribution is -2.45. The molecule has 0 unspecified atom stereocenters. The van der Waals surface area contributed by atoms with E-state index in [1.165, 1.54) is 0 Å². The van der Waals surface area contributed by atoms with Crippen LogP contribution in [0.2, 0.25) is 0 Å². The van der Waals surface area contributed by atoms with Gasteiger partial charge >= 0.3 is 0 Å². The second-order valence-corrected chi connectivity index (χ2v) is 7.25. The number of aliphatic hydroxyl groups is 1. The first kappa shape index (κ1) is 18.6. The minimum absolute atomic E-state index is 0.177. The van der Waals surface area contributed by atoms with Crippen LogP contribution in [-0.4, -0.2) is 33.1 Å². The van der Waals surface area contributed by atoms with E-state index in [4.69, 9.17) is 0 Å². The van der Waals surface area contributed by atoms with Crippen molar-refractivity contribution >= 4 is 21.8 Å². The molecule has 1 heterocycles. The van der Waals surface area contributed by atoms with Crippen molar-refractivity contribution in [2.75, 3.05) is 0 Å². The second kappa shape index (κ2) is 8.43. The number of aliphatic hydroxyl groups excluding tert-OH is 1. The van der Waals surface area contributed by atoms with Crippen LogP contribution < -0.4 is 5.32 Å². The molecular weight excluding hydrogens is 394 g/mol. The summed E-state index contributed by atoms with van der Waals surface area (Å²) in [6.45, 7) is 1.95. The molecule has 6 heteroatoms. The molecule has 2 aromatic rings. The highest BCUT2D eigenvalue weighted by molar-refractivity contribution is 9.10. The first-order chi connectivity index (χ1) is 12.5. The molecule has 0 saturated heterocycles. The topological polar surface area (TPSA) is 75.1 Å². The van der Waals surface area contributed by atoms with Crippen molar-refractivity contribution in [1.29, 1.82) is 0 Å². The van der Waals surface area contributed by atoms with Gasteiger partial charge in [0.2, 0.25) is 0 Å². The van der Waals surface area contributed by atoms with E-state index < -0.39 is 6.10 Å². The summed E-state index contributed by atoms with van der Waals surface area (Å²) < 4.78 is 0.625. The predicted molar refractivity (Wildman–Crippen MR) is 103 cm³/mol. The van der Waals surface area contributed by atoms with E-state index in [9.17, 15) is 9.90 Å². The van der Waals surface area contributed by atoms with E-state index in [1.54, 1.807) is 24.5 Å². The predicted octanol–water partition coefficient (Wildman–Crippen LogP) is 2.98. The van der Waals surface area contributed by atoms with E-state index in [0.717, 1.165) is 36.8 Å². The molecule has 0 radical (unpaired) electrons. The Morgan fingerprint density at radius 3 is 2.85 bits per heavy atom. The number of rotatable bonds is 2. The smallest absolute Gasteiger partial charge is 0.251 e. The number of nitrogens with zero attached hydrogens (tertiary/aromatic N) is 2. The van der Waals surface area contributed by atoms with Crippen LogP contribution in [0.4, 0.5) is 0 Å². The Morgan fingerprint density at radius 2 is 2.08 bits per heavy atom.